The van der Waals surface area contributed by atoms with Crippen LogP contribution in [0.3, 0.4) is 0 Å². The number of hydrogen-bond acceptors (Lipinski definition) is 7. The Morgan fingerprint density at radius 2 is 2.23 bits per heavy atom. The molecule has 1 aliphatic heterocycles. The summed E-state index contributed by atoms with van der Waals surface area (Å²) in [6.45, 7) is 0.812. The molecule has 0 radical (unpaired) electrons. The van der Waals surface area contributed by atoms with Gasteiger partial charge in [-0.2, -0.15) is 4.98 Å². The molecule has 0 spiro atoms. The normalized spacial score (nSPS) is 25.0. The molecular formula is C10H15N5NaO5P. The second kappa shape index (κ2) is 6.79. The zero-order valence-electron chi connectivity index (χ0n) is 12.9. The predicted molar refractivity (Wildman–Crippen MR) is 73.5 cm³/mol. The van der Waals surface area contributed by atoms with Crippen LogP contribution in [0.5, 0.6) is 0 Å². The van der Waals surface area contributed by atoms with Gasteiger partial charge in [-0.25, -0.2) is 9.55 Å². The van der Waals surface area contributed by atoms with Crippen LogP contribution in [0, 0.1) is 5.92 Å². The van der Waals surface area contributed by atoms with Crippen LogP contribution in [0.1, 0.15) is 7.85 Å². The maximum atomic E-state index is 11.6. The molecule has 3 rings (SSSR count). The molecule has 4 N–H and O–H groups in total. The Labute approximate surface area is 148 Å². The second-order valence-corrected chi connectivity index (χ2v) is 6.23. The number of fused-ring (bicyclic) bond motifs is 1. The molecule has 1 fully saturated rings. The van der Waals surface area contributed by atoms with Gasteiger partial charge in [0.1, 0.15) is 0 Å². The molecule has 22 heavy (non-hydrogen) atoms. The quantitative estimate of drug-likeness (QED) is 0.395. The monoisotopic (exact) mass is 339 g/mol. The molecule has 0 unspecified atom stereocenters. The molecule has 3 heterocycles. The van der Waals surface area contributed by atoms with Gasteiger partial charge in [0.25, 0.3) is 5.56 Å². The molecule has 0 aliphatic carbocycles. The number of H-pyrrole nitrogens is 1. The van der Waals surface area contributed by atoms with E-state index in [4.69, 9.17) is 19.7 Å². The largest absolute Gasteiger partial charge is 1.00 e. The van der Waals surface area contributed by atoms with E-state index in [0.717, 1.165) is 0 Å². The van der Waals surface area contributed by atoms with E-state index in [1.54, 1.807) is 4.57 Å². The molecule has 2 aromatic rings. The Morgan fingerprint density at radius 3 is 2.91 bits per heavy atom. The summed E-state index contributed by atoms with van der Waals surface area (Å²) in [6, 6.07) is 0. The van der Waals surface area contributed by atoms with Crippen molar-refractivity contribution in [2.24, 2.45) is 5.92 Å². The number of phosphoric acid groups is 1. The first-order valence-corrected chi connectivity index (χ1v) is 7.77. The number of nitrogens with one attached hydrogen (secondary N) is 1. The van der Waals surface area contributed by atoms with E-state index >= 15 is 0 Å². The van der Waals surface area contributed by atoms with Gasteiger partial charge in [0.05, 0.1) is 19.5 Å². The Hall–Kier alpha value is -0.740. The summed E-state index contributed by atoms with van der Waals surface area (Å²) in [4.78, 5) is 31.2. The number of nitrogens with zero attached hydrogens (tertiary/aromatic N) is 3. The number of aryl methyl sites for hydroxylation is 1. The minimum atomic E-state index is -3.85. The molecule has 0 aromatic carbocycles. The number of anilines is 1. The molecule has 116 valence electrons. The Kier molecular flexibility index (Phi) is 5.44. The van der Waals surface area contributed by atoms with Crippen molar-refractivity contribution in [2.75, 3.05) is 18.9 Å². The van der Waals surface area contributed by atoms with Gasteiger partial charge >= 0.3 is 37.4 Å². The van der Waals surface area contributed by atoms with Crippen molar-refractivity contribution in [3.8, 4) is 0 Å². The van der Waals surface area contributed by atoms with Crippen molar-refractivity contribution in [1.82, 2.24) is 19.5 Å². The first-order chi connectivity index (χ1) is 9.94. The number of nitrogens with two attached hydrogens (primary N) is 1. The fourth-order valence-corrected chi connectivity index (χ4v) is 2.98. The molecular weight excluding hydrogens is 324 g/mol. The van der Waals surface area contributed by atoms with Gasteiger partial charge in [0.15, 0.2) is 11.2 Å². The SMILES string of the molecule is Nc1nc2c(ncn2CCC2COP(=O)(O)OC2)c(=O)[nH]1.[H-].[Na+]. The molecule has 0 atom stereocenters. The third-order valence-electron chi connectivity index (χ3n) is 3.22. The number of nitrogen functional groups attached to an aromatic ring is 1. The van der Waals surface area contributed by atoms with Crippen molar-refractivity contribution < 1.29 is 49.5 Å². The summed E-state index contributed by atoms with van der Waals surface area (Å²) in [5, 5.41) is 0. The number of aromatic nitrogens is 4. The molecule has 0 bridgehead atoms. The van der Waals surface area contributed by atoms with Crippen LogP contribution in [0.4, 0.5) is 5.95 Å². The van der Waals surface area contributed by atoms with Crippen molar-refractivity contribution in [1.29, 1.82) is 0 Å². The van der Waals surface area contributed by atoms with Crippen molar-refractivity contribution in [2.45, 2.75) is 13.0 Å². The van der Waals surface area contributed by atoms with Gasteiger partial charge in [-0.1, -0.05) is 0 Å². The number of rotatable bonds is 3. The van der Waals surface area contributed by atoms with E-state index in [1.807, 2.05) is 0 Å². The summed E-state index contributed by atoms with van der Waals surface area (Å²) in [7, 11) is -3.85. The second-order valence-electron chi connectivity index (χ2n) is 4.78. The van der Waals surface area contributed by atoms with Crippen LogP contribution in [-0.4, -0.2) is 37.6 Å². The van der Waals surface area contributed by atoms with Crippen LogP contribution in [0.2, 0.25) is 0 Å². The van der Waals surface area contributed by atoms with Crippen LogP contribution >= 0.6 is 7.82 Å². The third-order valence-corrected chi connectivity index (χ3v) is 4.17. The van der Waals surface area contributed by atoms with Crippen LogP contribution in [0.25, 0.3) is 11.2 Å². The van der Waals surface area contributed by atoms with Crippen molar-refractivity contribution in [3.63, 3.8) is 0 Å². The van der Waals surface area contributed by atoms with Crippen molar-refractivity contribution >= 4 is 24.9 Å². The standard InChI is InChI=1S/C10H14N5O5P.Na.H/c11-10-13-8-7(9(16)14-10)12-5-15(8)2-1-6-3-19-21(17,18)20-4-6;;/h5-6H,1-4H2,(H,17,18)(H3,11,13,14,16);;/q;+1;-1. The van der Waals surface area contributed by atoms with E-state index in [2.05, 4.69) is 15.0 Å². The Bertz CT molecular complexity index is 771. The van der Waals surface area contributed by atoms with Gasteiger partial charge in [-0.05, 0) is 6.42 Å². The van der Waals surface area contributed by atoms with Gasteiger partial charge in [-0.15, -0.1) is 0 Å². The molecule has 0 amide bonds. The molecule has 12 heteroatoms. The van der Waals surface area contributed by atoms with E-state index in [1.165, 1.54) is 6.33 Å². The van der Waals surface area contributed by atoms with Gasteiger partial charge in [0, 0.05) is 12.5 Å². The average molecular weight is 339 g/mol. The topological polar surface area (TPSA) is 145 Å². The first kappa shape index (κ1) is 17.6. The zero-order chi connectivity index (χ0) is 15.0. The van der Waals surface area contributed by atoms with E-state index in [9.17, 15) is 9.36 Å². The maximum absolute atomic E-state index is 11.6. The Morgan fingerprint density at radius 1 is 1.55 bits per heavy atom. The average Bonchev–Trinajstić information content (AvgIpc) is 2.81. The maximum Gasteiger partial charge on any atom is 1.00 e. The van der Waals surface area contributed by atoms with E-state index < -0.39 is 7.82 Å². The fourth-order valence-electron chi connectivity index (χ4n) is 2.11. The summed E-state index contributed by atoms with van der Waals surface area (Å²) < 4.78 is 22.3. The van der Waals surface area contributed by atoms with Gasteiger partial charge in [0.2, 0.25) is 5.95 Å². The predicted octanol–water partition coefficient (Wildman–Crippen LogP) is -3.03. The summed E-state index contributed by atoms with van der Waals surface area (Å²) in [6.07, 6.45) is 2.13. The van der Waals surface area contributed by atoms with Crippen LogP contribution < -0.4 is 40.9 Å². The minimum absolute atomic E-state index is 0. The number of imidazole rings is 1. The molecule has 1 saturated heterocycles. The third kappa shape index (κ3) is 3.77. The zero-order valence-corrected chi connectivity index (χ0v) is 14.8. The molecule has 0 saturated carbocycles. The minimum Gasteiger partial charge on any atom is -1.00 e. The Balaban J connectivity index is 0.00000132. The number of phosphoric ester groups is 1. The molecule has 2 aromatic heterocycles. The molecule has 1 aliphatic rings. The van der Waals surface area contributed by atoms with Gasteiger partial charge < -0.3 is 16.6 Å². The number of aromatic amines is 1. The smallest absolute Gasteiger partial charge is 1.00 e. The first-order valence-electron chi connectivity index (χ1n) is 6.27. The number of hydrogen-bond donors (Lipinski definition) is 3. The molecule has 10 nitrogen and oxygen atoms in total. The fraction of sp³-hybridized carbons (Fsp3) is 0.500. The summed E-state index contributed by atoms with van der Waals surface area (Å²) >= 11 is 0. The van der Waals surface area contributed by atoms with E-state index in [-0.39, 0.29) is 67.1 Å². The van der Waals surface area contributed by atoms with E-state index in [0.29, 0.717) is 18.6 Å². The van der Waals surface area contributed by atoms with Gasteiger partial charge in [-0.3, -0.25) is 18.8 Å². The van der Waals surface area contributed by atoms with Crippen LogP contribution in [0.15, 0.2) is 11.1 Å². The van der Waals surface area contributed by atoms with Crippen molar-refractivity contribution in [3.05, 3.63) is 16.7 Å². The summed E-state index contributed by atoms with van der Waals surface area (Å²) in [5.41, 5.74) is 5.75. The summed E-state index contributed by atoms with van der Waals surface area (Å²) in [5.74, 6) is 0.0100. The van der Waals surface area contributed by atoms with Crippen LogP contribution in [-0.2, 0) is 20.2 Å².